The van der Waals surface area contributed by atoms with E-state index in [1.165, 1.54) is 0 Å². The van der Waals surface area contributed by atoms with Gasteiger partial charge in [-0.05, 0) is 35.7 Å². The average Bonchev–Trinajstić information content (AvgIpc) is 3.39. The Labute approximate surface area is 229 Å². The topological polar surface area (TPSA) is 83.7 Å². The Hall–Kier alpha value is -3.96. The molecule has 1 aliphatic heterocycles. The van der Waals surface area contributed by atoms with Gasteiger partial charge >= 0.3 is 6.18 Å². The van der Waals surface area contributed by atoms with Crippen molar-refractivity contribution in [3.8, 4) is 0 Å². The Kier molecular flexibility index (Phi) is 7.77. The van der Waals surface area contributed by atoms with Crippen molar-refractivity contribution in [2.45, 2.75) is 37.0 Å². The van der Waals surface area contributed by atoms with Crippen LogP contribution in [0.3, 0.4) is 0 Å². The highest BCUT2D eigenvalue weighted by Gasteiger charge is 2.37. The summed E-state index contributed by atoms with van der Waals surface area (Å²) < 4.78 is 72.8. The van der Waals surface area contributed by atoms with Crippen molar-refractivity contribution in [2.24, 2.45) is 0 Å². The van der Waals surface area contributed by atoms with Gasteiger partial charge in [0.05, 0.1) is 10.5 Å². The predicted octanol–water partition coefficient (Wildman–Crippen LogP) is 5.33. The molecule has 208 valence electrons. The van der Waals surface area contributed by atoms with Crippen molar-refractivity contribution in [2.75, 3.05) is 13.1 Å². The summed E-state index contributed by atoms with van der Waals surface area (Å²) >= 11 is 0. The molecular weight excluding hydrogens is 543 g/mol. The van der Waals surface area contributed by atoms with Crippen LogP contribution < -0.4 is 0 Å². The predicted molar refractivity (Wildman–Crippen MR) is 141 cm³/mol. The van der Waals surface area contributed by atoms with E-state index in [0.29, 0.717) is 36.9 Å². The Morgan fingerprint density at radius 1 is 0.950 bits per heavy atom. The number of sulfonamides is 1. The van der Waals surface area contributed by atoms with Gasteiger partial charge in [-0.3, -0.25) is 4.79 Å². The lowest BCUT2D eigenvalue weighted by Gasteiger charge is -2.27. The summed E-state index contributed by atoms with van der Waals surface area (Å²) in [4.78, 5) is 15.0. The van der Waals surface area contributed by atoms with Gasteiger partial charge in [-0.1, -0.05) is 71.9 Å². The highest BCUT2D eigenvalue weighted by molar-refractivity contribution is 7.89. The van der Waals surface area contributed by atoms with Gasteiger partial charge in [-0.2, -0.15) is 17.5 Å². The lowest BCUT2D eigenvalue weighted by Crippen LogP contribution is -2.38. The molecule has 0 atom stereocenters. The molecule has 0 saturated heterocycles. The molecule has 0 spiro atoms. The molecule has 11 heteroatoms. The molecule has 4 aromatic rings. The maximum Gasteiger partial charge on any atom is 0.416 e. The number of halogens is 3. The Morgan fingerprint density at radius 3 is 2.30 bits per heavy atom. The number of carbonyl (C=O) groups excluding carboxylic acids is 1. The Balaban J connectivity index is 1.41. The summed E-state index contributed by atoms with van der Waals surface area (Å²) in [6.07, 6.45) is -3.96. The van der Waals surface area contributed by atoms with Gasteiger partial charge in [0, 0.05) is 38.2 Å². The van der Waals surface area contributed by atoms with Crippen molar-refractivity contribution >= 4 is 15.9 Å². The molecule has 2 heterocycles. The van der Waals surface area contributed by atoms with Crippen LogP contribution >= 0.6 is 0 Å². The zero-order chi connectivity index (χ0) is 28.3. The molecule has 0 N–H and O–H groups in total. The van der Waals surface area contributed by atoms with Crippen LogP contribution in [0.25, 0.3) is 0 Å². The summed E-state index contributed by atoms with van der Waals surface area (Å²) in [7, 11) is -4.28. The number of rotatable bonds is 8. The molecule has 0 aliphatic carbocycles. The second-order valence-electron chi connectivity index (χ2n) is 9.49. The molecule has 0 fully saturated rings. The van der Waals surface area contributed by atoms with Crippen LogP contribution in [0.1, 0.15) is 38.5 Å². The Morgan fingerprint density at radius 2 is 1.62 bits per heavy atom. The van der Waals surface area contributed by atoms with Gasteiger partial charge < -0.3 is 9.42 Å². The summed E-state index contributed by atoms with van der Waals surface area (Å²) in [5, 5.41) is 4.01. The fourth-order valence-electron chi connectivity index (χ4n) is 4.65. The lowest BCUT2D eigenvalue weighted by atomic mass is 10.1. The minimum Gasteiger partial charge on any atom is -0.360 e. The Bertz CT molecular complexity index is 1590. The second-order valence-corrected chi connectivity index (χ2v) is 11.4. The highest BCUT2D eigenvalue weighted by atomic mass is 32.2. The number of fused-ring (bicyclic) bond motifs is 1. The van der Waals surface area contributed by atoms with Crippen LogP contribution in [0.5, 0.6) is 0 Å². The average molecular weight is 570 g/mol. The maximum atomic E-state index is 13.8. The largest absolute Gasteiger partial charge is 0.416 e. The number of amides is 1. The molecule has 0 radical (unpaired) electrons. The van der Waals surface area contributed by atoms with Crippen molar-refractivity contribution in [3.05, 3.63) is 119 Å². The van der Waals surface area contributed by atoms with E-state index in [1.54, 1.807) is 4.90 Å². The van der Waals surface area contributed by atoms with E-state index in [-0.39, 0.29) is 25.2 Å². The molecule has 0 saturated carbocycles. The second kappa shape index (κ2) is 11.3. The normalized spacial score (nSPS) is 14.1. The minimum absolute atomic E-state index is 0.00272. The SMILES string of the molecule is O=C(c1noc2c1CN(S(=O)(=O)c1cccc(C(F)(F)F)c1)CC2)N(CCc1ccccc1)Cc1ccccc1. The molecule has 5 rings (SSSR count). The monoisotopic (exact) mass is 569 g/mol. The van der Waals surface area contributed by atoms with Crippen LogP contribution in [0.4, 0.5) is 13.2 Å². The van der Waals surface area contributed by atoms with Crippen LogP contribution in [-0.4, -0.2) is 41.8 Å². The first kappa shape index (κ1) is 27.6. The number of hydrogen-bond donors (Lipinski definition) is 0. The van der Waals surface area contributed by atoms with Gasteiger partial charge in [0.2, 0.25) is 10.0 Å². The first-order chi connectivity index (χ1) is 19.1. The molecule has 0 bridgehead atoms. The van der Waals surface area contributed by atoms with Crippen molar-refractivity contribution in [3.63, 3.8) is 0 Å². The first-order valence-corrected chi connectivity index (χ1v) is 14.1. The summed E-state index contributed by atoms with van der Waals surface area (Å²) in [6.45, 7) is 0.429. The van der Waals surface area contributed by atoms with Crippen molar-refractivity contribution in [1.82, 2.24) is 14.4 Å². The van der Waals surface area contributed by atoms with E-state index < -0.39 is 32.6 Å². The molecule has 1 aliphatic rings. The summed E-state index contributed by atoms with van der Waals surface area (Å²) in [5.74, 6) is -0.0235. The van der Waals surface area contributed by atoms with E-state index in [2.05, 4.69) is 5.16 Å². The first-order valence-electron chi connectivity index (χ1n) is 12.6. The zero-order valence-corrected chi connectivity index (χ0v) is 22.2. The molecular formula is C29H26F3N3O4S. The maximum absolute atomic E-state index is 13.8. The third-order valence-corrected chi connectivity index (χ3v) is 8.65. The third kappa shape index (κ3) is 5.95. The number of benzene rings is 3. The highest BCUT2D eigenvalue weighted by Crippen LogP contribution is 2.33. The van der Waals surface area contributed by atoms with E-state index in [1.807, 2.05) is 60.7 Å². The lowest BCUT2D eigenvalue weighted by molar-refractivity contribution is -0.137. The van der Waals surface area contributed by atoms with Crippen LogP contribution in [-0.2, 0) is 42.1 Å². The standard InChI is InChI=1S/C29H26F3N3O4S/c30-29(31,32)23-12-7-13-24(18-23)40(37,38)35-17-15-26-25(20-35)27(33-39-26)28(36)34(19-22-10-5-2-6-11-22)16-14-21-8-3-1-4-9-21/h1-13,18H,14-17,19-20H2. The van der Waals surface area contributed by atoms with E-state index >= 15 is 0 Å². The van der Waals surface area contributed by atoms with Gasteiger partial charge in [0.15, 0.2) is 5.69 Å². The van der Waals surface area contributed by atoms with Crippen LogP contribution in [0, 0.1) is 0 Å². The van der Waals surface area contributed by atoms with Gasteiger partial charge in [0.25, 0.3) is 5.91 Å². The van der Waals surface area contributed by atoms with Gasteiger partial charge in [-0.25, -0.2) is 8.42 Å². The van der Waals surface area contributed by atoms with Gasteiger partial charge in [-0.15, -0.1) is 0 Å². The number of hydrogen-bond acceptors (Lipinski definition) is 5. The van der Waals surface area contributed by atoms with Crippen molar-refractivity contribution in [1.29, 1.82) is 0 Å². The van der Waals surface area contributed by atoms with Crippen molar-refractivity contribution < 1.29 is 30.9 Å². The number of alkyl halides is 3. The zero-order valence-electron chi connectivity index (χ0n) is 21.3. The quantitative estimate of drug-likeness (QED) is 0.287. The third-order valence-electron chi connectivity index (χ3n) is 6.81. The summed E-state index contributed by atoms with van der Waals surface area (Å²) in [5.41, 5.74) is 1.23. The van der Waals surface area contributed by atoms with Crippen LogP contribution in [0.2, 0.25) is 0 Å². The van der Waals surface area contributed by atoms with Crippen LogP contribution in [0.15, 0.2) is 94.3 Å². The fraction of sp³-hybridized carbons (Fsp3) is 0.241. The molecule has 1 aromatic heterocycles. The minimum atomic E-state index is -4.68. The van der Waals surface area contributed by atoms with E-state index in [4.69, 9.17) is 4.52 Å². The van der Waals surface area contributed by atoms with E-state index in [0.717, 1.165) is 33.6 Å². The molecule has 1 amide bonds. The van der Waals surface area contributed by atoms with E-state index in [9.17, 15) is 26.4 Å². The molecule has 7 nitrogen and oxygen atoms in total. The molecule has 40 heavy (non-hydrogen) atoms. The molecule has 0 unspecified atom stereocenters. The number of aromatic nitrogens is 1. The van der Waals surface area contributed by atoms with Gasteiger partial charge in [0.1, 0.15) is 5.76 Å². The summed E-state index contributed by atoms with van der Waals surface area (Å²) in [6, 6.07) is 22.8. The fourth-order valence-corrected chi connectivity index (χ4v) is 6.11. The molecule has 3 aromatic carbocycles. The number of nitrogens with zero attached hydrogens (tertiary/aromatic N) is 3. The number of carbonyl (C=O) groups is 1. The smallest absolute Gasteiger partial charge is 0.360 e.